The Balaban J connectivity index is 1.78. The summed E-state index contributed by atoms with van der Waals surface area (Å²) in [6, 6.07) is 8.10. The second-order valence-electron chi connectivity index (χ2n) is 3.78. The molecule has 0 radical (unpaired) electrons. The molecule has 0 aliphatic heterocycles. The van der Waals surface area contributed by atoms with Gasteiger partial charge in [0.15, 0.2) is 0 Å². The molecule has 4 nitrogen and oxygen atoms in total. The van der Waals surface area contributed by atoms with Crippen molar-refractivity contribution in [3.05, 3.63) is 48.2 Å². The van der Waals surface area contributed by atoms with E-state index in [1.54, 1.807) is 12.5 Å². The van der Waals surface area contributed by atoms with Gasteiger partial charge >= 0.3 is 0 Å². The zero-order valence-corrected chi connectivity index (χ0v) is 9.26. The number of furan rings is 1. The average molecular weight is 217 g/mol. The molecule has 0 amide bonds. The smallest absolute Gasteiger partial charge is 0.105 e. The van der Waals surface area contributed by atoms with Gasteiger partial charge in [-0.1, -0.05) is 0 Å². The van der Waals surface area contributed by atoms with Crippen molar-refractivity contribution in [3.63, 3.8) is 0 Å². The number of hydrogen-bond donors (Lipinski definition) is 1. The van der Waals surface area contributed by atoms with Crippen LogP contribution in [0.1, 0.15) is 18.4 Å². The molecule has 16 heavy (non-hydrogen) atoms. The molecule has 2 aromatic rings. The Labute approximate surface area is 94.7 Å². The van der Waals surface area contributed by atoms with Crippen LogP contribution in [-0.4, -0.2) is 16.2 Å². The van der Waals surface area contributed by atoms with E-state index in [1.807, 2.05) is 24.3 Å². The Kier molecular flexibility index (Phi) is 3.66. The van der Waals surface area contributed by atoms with Gasteiger partial charge in [-0.2, -0.15) is 10.2 Å². The number of aromatic nitrogens is 2. The van der Waals surface area contributed by atoms with E-state index in [0.29, 0.717) is 6.04 Å². The van der Waals surface area contributed by atoms with Crippen molar-refractivity contribution in [1.29, 1.82) is 0 Å². The molecule has 0 spiro atoms. The highest BCUT2D eigenvalue weighted by Gasteiger charge is 2.05. The van der Waals surface area contributed by atoms with Gasteiger partial charge in [-0.05, 0) is 31.2 Å². The summed E-state index contributed by atoms with van der Waals surface area (Å²) in [6.07, 6.45) is 4.26. The maximum atomic E-state index is 5.29. The van der Waals surface area contributed by atoms with Gasteiger partial charge in [-0.15, -0.1) is 0 Å². The standard InChI is InChI=1S/C12H15N3O/c1-10(8-12-5-3-7-16-12)13-9-11-4-2-6-14-15-11/h2-7,10,13H,8-9H2,1H3. The molecular weight excluding hydrogens is 202 g/mol. The fourth-order valence-electron chi connectivity index (χ4n) is 1.51. The van der Waals surface area contributed by atoms with E-state index in [1.165, 1.54) is 0 Å². The largest absolute Gasteiger partial charge is 0.469 e. The summed E-state index contributed by atoms with van der Waals surface area (Å²) in [5.74, 6) is 0.999. The number of rotatable bonds is 5. The van der Waals surface area contributed by atoms with Gasteiger partial charge in [0, 0.05) is 25.2 Å². The monoisotopic (exact) mass is 217 g/mol. The van der Waals surface area contributed by atoms with E-state index >= 15 is 0 Å². The van der Waals surface area contributed by atoms with Crippen LogP contribution in [0.2, 0.25) is 0 Å². The number of hydrogen-bond acceptors (Lipinski definition) is 4. The predicted molar refractivity (Wildman–Crippen MR) is 60.7 cm³/mol. The lowest BCUT2D eigenvalue weighted by Crippen LogP contribution is -2.27. The first-order valence-corrected chi connectivity index (χ1v) is 5.37. The van der Waals surface area contributed by atoms with Crippen molar-refractivity contribution in [2.24, 2.45) is 0 Å². The molecule has 0 aromatic carbocycles. The Bertz CT molecular complexity index is 399. The maximum Gasteiger partial charge on any atom is 0.105 e. The highest BCUT2D eigenvalue weighted by atomic mass is 16.3. The zero-order chi connectivity index (χ0) is 11.2. The van der Waals surface area contributed by atoms with Gasteiger partial charge in [0.25, 0.3) is 0 Å². The number of nitrogens with zero attached hydrogens (tertiary/aromatic N) is 2. The van der Waals surface area contributed by atoms with Gasteiger partial charge in [0.2, 0.25) is 0 Å². The van der Waals surface area contributed by atoms with Crippen LogP contribution in [-0.2, 0) is 13.0 Å². The summed E-state index contributed by atoms with van der Waals surface area (Å²) in [5.41, 5.74) is 0.953. The molecule has 0 fully saturated rings. The highest BCUT2D eigenvalue weighted by molar-refractivity contribution is 5.01. The molecule has 1 unspecified atom stereocenters. The van der Waals surface area contributed by atoms with E-state index in [2.05, 4.69) is 22.4 Å². The molecule has 0 aliphatic carbocycles. The van der Waals surface area contributed by atoms with Gasteiger partial charge in [0.1, 0.15) is 5.76 Å². The molecule has 2 rings (SSSR count). The number of nitrogens with one attached hydrogen (secondary N) is 1. The molecule has 84 valence electrons. The molecule has 1 N–H and O–H groups in total. The van der Waals surface area contributed by atoms with E-state index in [9.17, 15) is 0 Å². The SMILES string of the molecule is CC(Cc1ccco1)NCc1cccnn1. The lowest BCUT2D eigenvalue weighted by Gasteiger charge is -2.11. The van der Waals surface area contributed by atoms with Crippen LogP contribution >= 0.6 is 0 Å². The van der Waals surface area contributed by atoms with Gasteiger partial charge in [-0.25, -0.2) is 0 Å². The van der Waals surface area contributed by atoms with Crippen molar-refractivity contribution < 1.29 is 4.42 Å². The average Bonchev–Trinajstić information content (AvgIpc) is 2.81. The normalized spacial score (nSPS) is 12.6. The van der Waals surface area contributed by atoms with Gasteiger partial charge in [0.05, 0.1) is 12.0 Å². The molecule has 4 heteroatoms. The lowest BCUT2D eigenvalue weighted by atomic mass is 10.2. The van der Waals surface area contributed by atoms with Crippen molar-refractivity contribution >= 4 is 0 Å². The van der Waals surface area contributed by atoms with Crippen molar-refractivity contribution in [2.75, 3.05) is 0 Å². The molecule has 0 bridgehead atoms. The highest BCUT2D eigenvalue weighted by Crippen LogP contribution is 2.04. The molecule has 0 saturated heterocycles. The van der Waals surface area contributed by atoms with Crippen LogP contribution in [0.4, 0.5) is 0 Å². The summed E-state index contributed by atoms with van der Waals surface area (Å²) >= 11 is 0. The third-order valence-corrected chi connectivity index (χ3v) is 2.35. The minimum atomic E-state index is 0.355. The molecular formula is C12H15N3O. The third kappa shape index (κ3) is 3.17. The van der Waals surface area contributed by atoms with E-state index < -0.39 is 0 Å². The summed E-state index contributed by atoms with van der Waals surface area (Å²) in [5, 5.41) is 11.2. The first kappa shape index (κ1) is 10.8. The molecule has 0 aliphatic rings. The van der Waals surface area contributed by atoms with Crippen molar-refractivity contribution in [3.8, 4) is 0 Å². The second kappa shape index (κ2) is 5.42. The minimum Gasteiger partial charge on any atom is -0.469 e. The quantitative estimate of drug-likeness (QED) is 0.829. The fraction of sp³-hybridized carbons (Fsp3) is 0.333. The van der Waals surface area contributed by atoms with Crippen LogP contribution in [0.25, 0.3) is 0 Å². The Morgan fingerprint density at radius 1 is 1.38 bits per heavy atom. The Morgan fingerprint density at radius 2 is 2.31 bits per heavy atom. The minimum absolute atomic E-state index is 0.355. The fourth-order valence-corrected chi connectivity index (χ4v) is 1.51. The van der Waals surface area contributed by atoms with Crippen LogP contribution in [0.15, 0.2) is 41.1 Å². The first-order chi connectivity index (χ1) is 7.84. The van der Waals surface area contributed by atoms with Crippen LogP contribution in [0, 0.1) is 0 Å². The Morgan fingerprint density at radius 3 is 3.00 bits per heavy atom. The molecule has 2 aromatic heterocycles. The first-order valence-electron chi connectivity index (χ1n) is 5.37. The van der Waals surface area contributed by atoms with Crippen LogP contribution < -0.4 is 5.32 Å². The Hall–Kier alpha value is -1.68. The maximum absolute atomic E-state index is 5.29. The van der Waals surface area contributed by atoms with Crippen molar-refractivity contribution in [2.45, 2.75) is 25.9 Å². The van der Waals surface area contributed by atoms with E-state index in [-0.39, 0.29) is 0 Å². The van der Waals surface area contributed by atoms with E-state index in [0.717, 1.165) is 24.4 Å². The zero-order valence-electron chi connectivity index (χ0n) is 9.26. The summed E-state index contributed by atoms with van der Waals surface area (Å²) < 4.78 is 5.29. The summed E-state index contributed by atoms with van der Waals surface area (Å²) in [7, 11) is 0. The van der Waals surface area contributed by atoms with Gasteiger partial charge < -0.3 is 9.73 Å². The third-order valence-electron chi connectivity index (χ3n) is 2.35. The summed E-state index contributed by atoms with van der Waals surface area (Å²) in [6.45, 7) is 2.86. The molecule has 1 atom stereocenters. The van der Waals surface area contributed by atoms with Crippen LogP contribution in [0.3, 0.4) is 0 Å². The van der Waals surface area contributed by atoms with Crippen LogP contribution in [0.5, 0.6) is 0 Å². The predicted octanol–water partition coefficient (Wildman–Crippen LogP) is 1.79. The summed E-state index contributed by atoms with van der Waals surface area (Å²) in [4.78, 5) is 0. The molecule has 0 saturated carbocycles. The molecule has 2 heterocycles. The second-order valence-corrected chi connectivity index (χ2v) is 3.78. The lowest BCUT2D eigenvalue weighted by molar-refractivity contribution is 0.454. The topological polar surface area (TPSA) is 51.0 Å². The van der Waals surface area contributed by atoms with E-state index in [4.69, 9.17) is 4.42 Å². The van der Waals surface area contributed by atoms with Crippen molar-refractivity contribution in [1.82, 2.24) is 15.5 Å². The van der Waals surface area contributed by atoms with Gasteiger partial charge in [-0.3, -0.25) is 0 Å².